The molecule has 0 spiro atoms. The van der Waals surface area contributed by atoms with E-state index < -0.39 is 0 Å². The number of rotatable bonds is 7. The molecule has 11 nitrogen and oxygen atoms in total. The fourth-order valence-corrected chi connectivity index (χ4v) is 3.70. The lowest BCUT2D eigenvalue weighted by atomic mass is 10.3. The van der Waals surface area contributed by atoms with Gasteiger partial charge in [0, 0.05) is 38.7 Å². The summed E-state index contributed by atoms with van der Waals surface area (Å²) in [6, 6.07) is 1.50. The molecule has 0 saturated carbocycles. The minimum absolute atomic E-state index is 0.168. The molecule has 3 N–H and O–H groups in total. The molecule has 2 aromatic rings. The summed E-state index contributed by atoms with van der Waals surface area (Å²) in [7, 11) is 5.15. The maximum Gasteiger partial charge on any atom is 0.236 e. The highest BCUT2D eigenvalue weighted by atomic mass is 32.2. The zero-order valence-electron chi connectivity index (χ0n) is 17.5. The summed E-state index contributed by atoms with van der Waals surface area (Å²) in [4.78, 5) is 34.3. The molecule has 162 valence electrons. The Balaban J connectivity index is 1.91. The number of aromatic nitrogens is 4. The SMILES string of the molecule is CCC(=O)Nc1cc(N)nc(Sc2c(OC)nc(N3CCN(C)CC3)nc2OC)n1. The Labute approximate surface area is 179 Å². The van der Waals surface area contributed by atoms with Crippen LogP contribution in [0.4, 0.5) is 17.6 Å². The molecule has 1 saturated heterocycles. The third kappa shape index (κ3) is 5.19. The van der Waals surface area contributed by atoms with Gasteiger partial charge in [-0.2, -0.15) is 9.97 Å². The molecule has 12 heteroatoms. The summed E-state index contributed by atoms with van der Waals surface area (Å²) in [5.74, 6) is 1.64. The van der Waals surface area contributed by atoms with E-state index in [0.717, 1.165) is 37.9 Å². The number of carbonyl (C=O) groups is 1. The second-order valence-corrected chi connectivity index (χ2v) is 7.60. The highest BCUT2D eigenvalue weighted by Crippen LogP contribution is 2.40. The molecule has 1 aliphatic rings. The van der Waals surface area contributed by atoms with Crippen LogP contribution in [0, 0.1) is 0 Å². The Morgan fingerprint density at radius 3 is 2.33 bits per heavy atom. The normalized spacial score (nSPS) is 14.5. The van der Waals surface area contributed by atoms with Crippen molar-refractivity contribution in [2.75, 3.05) is 63.4 Å². The molecule has 0 aliphatic carbocycles. The van der Waals surface area contributed by atoms with Crippen molar-refractivity contribution >= 4 is 35.3 Å². The number of carbonyl (C=O) groups excluding carboxylic acids is 1. The average Bonchev–Trinajstić information content (AvgIpc) is 2.73. The number of nitrogens with one attached hydrogen (secondary N) is 1. The lowest BCUT2D eigenvalue weighted by molar-refractivity contribution is -0.115. The first-order valence-corrected chi connectivity index (χ1v) is 10.3. The van der Waals surface area contributed by atoms with Crippen molar-refractivity contribution in [3.63, 3.8) is 0 Å². The molecule has 0 bridgehead atoms. The number of piperazine rings is 1. The van der Waals surface area contributed by atoms with Crippen LogP contribution >= 0.6 is 11.8 Å². The van der Waals surface area contributed by atoms with Gasteiger partial charge in [-0.15, -0.1) is 0 Å². The van der Waals surface area contributed by atoms with Crippen molar-refractivity contribution in [2.24, 2.45) is 0 Å². The van der Waals surface area contributed by atoms with Crippen LogP contribution in [-0.2, 0) is 4.79 Å². The van der Waals surface area contributed by atoms with E-state index in [2.05, 4.69) is 42.1 Å². The zero-order valence-corrected chi connectivity index (χ0v) is 18.3. The summed E-state index contributed by atoms with van der Waals surface area (Å²) in [6.07, 6.45) is 0.329. The molecule has 3 heterocycles. The predicted octanol–water partition coefficient (Wildman–Crippen LogP) is 1.12. The molecule has 2 aromatic heterocycles. The van der Waals surface area contributed by atoms with Gasteiger partial charge in [0.05, 0.1) is 14.2 Å². The molecule has 3 rings (SSSR count). The topological polar surface area (TPSA) is 132 Å². The molecule has 1 fully saturated rings. The molecule has 30 heavy (non-hydrogen) atoms. The Hall–Kier alpha value is -2.86. The molecule has 1 amide bonds. The molecular formula is C18H26N8O3S. The van der Waals surface area contributed by atoms with Gasteiger partial charge in [-0.25, -0.2) is 9.97 Å². The maximum absolute atomic E-state index is 11.7. The summed E-state index contributed by atoms with van der Waals surface area (Å²) >= 11 is 1.15. The maximum atomic E-state index is 11.7. The monoisotopic (exact) mass is 434 g/mol. The Morgan fingerprint density at radius 2 is 1.77 bits per heavy atom. The minimum Gasteiger partial charge on any atom is -0.480 e. The van der Waals surface area contributed by atoms with Gasteiger partial charge in [-0.1, -0.05) is 6.92 Å². The molecular weight excluding hydrogens is 408 g/mol. The zero-order chi connectivity index (χ0) is 21.7. The summed E-state index contributed by atoms with van der Waals surface area (Å²) in [5, 5.41) is 3.00. The van der Waals surface area contributed by atoms with Crippen molar-refractivity contribution in [3.8, 4) is 11.8 Å². The fraction of sp³-hybridized carbons (Fsp3) is 0.500. The van der Waals surface area contributed by atoms with Gasteiger partial charge >= 0.3 is 0 Å². The number of ether oxygens (including phenoxy) is 2. The predicted molar refractivity (Wildman–Crippen MR) is 114 cm³/mol. The average molecular weight is 435 g/mol. The van der Waals surface area contributed by atoms with Crippen LogP contribution in [-0.4, -0.2) is 78.2 Å². The van der Waals surface area contributed by atoms with Gasteiger partial charge in [-0.05, 0) is 18.8 Å². The Morgan fingerprint density at radius 1 is 1.13 bits per heavy atom. The first-order chi connectivity index (χ1) is 14.4. The summed E-state index contributed by atoms with van der Waals surface area (Å²) in [6.45, 7) is 5.23. The largest absolute Gasteiger partial charge is 0.480 e. The van der Waals surface area contributed by atoms with Gasteiger partial charge in [-0.3, -0.25) is 4.79 Å². The van der Waals surface area contributed by atoms with Gasteiger partial charge in [0.25, 0.3) is 0 Å². The van der Waals surface area contributed by atoms with Crippen LogP contribution in [0.2, 0.25) is 0 Å². The molecule has 1 aliphatic heterocycles. The van der Waals surface area contributed by atoms with Crippen LogP contribution in [0.1, 0.15) is 13.3 Å². The van der Waals surface area contributed by atoms with Gasteiger partial charge in [0.15, 0.2) is 5.16 Å². The summed E-state index contributed by atoms with van der Waals surface area (Å²) < 4.78 is 11.0. The Kier molecular flexibility index (Phi) is 7.11. The smallest absolute Gasteiger partial charge is 0.236 e. The second-order valence-electron chi connectivity index (χ2n) is 6.63. The van der Waals surface area contributed by atoms with E-state index in [9.17, 15) is 4.79 Å². The van der Waals surface area contributed by atoms with Crippen LogP contribution in [0.25, 0.3) is 0 Å². The lowest BCUT2D eigenvalue weighted by Crippen LogP contribution is -2.45. The highest BCUT2D eigenvalue weighted by Gasteiger charge is 2.24. The third-order valence-electron chi connectivity index (χ3n) is 4.47. The third-order valence-corrected chi connectivity index (χ3v) is 5.39. The van der Waals surface area contributed by atoms with Gasteiger partial charge in [0.1, 0.15) is 16.5 Å². The van der Waals surface area contributed by atoms with E-state index >= 15 is 0 Å². The number of likely N-dealkylation sites (N-methyl/N-ethyl adjacent to an activating group) is 1. The first-order valence-electron chi connectivity index (χ1n) is 9.49. The lowest BCUT2D eigenvalue weighted by Gasteiger charge is -2.32. The number of hydrogen-bond donors (Lipinski definition) is 2. The van der Waals surface area contributed by atoms with Gasteiger partial charge in [0.2, 0.25) is 23.6 Å². The van der Waals surface area contributed by atoms with Crippen LogP contribution in [0.15, 0.2) is 16.1 Å². The van der Waals surface area contributed by atoms with E-state index in [-0.39, 0.29) is 11.7 Å². The number of nitrogens with two attached hydrogens (primary N) is 1. The minimum atomic E-state index is -0.168. The van der Waals surface area contributed by atoms with Crippen molar-refractivity contribution in [1.82, 2.24) is 24.8 Å². The van der Waals surface area contributed by atoms with E-state index in [1.54, 1.807) is 6.92 Å². The first kappa shape index (κ1) is 21.8. The standard InChI is InChI=1S/C18H26N8O3S/c1-5-13(27)21-12-10-11(19)20-18(22-12)30-14-15(28-3)23-17(24-16(14)29-4)26-8-6-25(2)7-9-26/h10H,5-9H2,1-4H3,(H3,19,20,21,22,27). The van der Waals surface area contributed by atoms with E-state index in [1.807, 2.05) is 0 Å². The van der Waals surface area contributed by atoms with Crippen molar-refractivity contribution in [2.45, 2.75) is 23.4 Å². The number of nitrogens with zero attached hydrogens (tertiary/aromatic N) is 6. The number of nitrogen functional groups attached to an aromatic ring is 1. The van der Waals surface area contributed by atoms with Crippen molar-refractivity contribution < 1.29 is 14.3 Å². The number of hydrogen-bond acceptors (Lipinski definition) is 11. The van der Waals surface area contributed by atoms with E-state index in [1.165, 1.54) is 20.3 Å². The van der Waals surface area contributed by atoms with Gasteiger partial charge < -0.3 is 30.3 Å². The molecule has 0 aromatic carbocycles. The molecule has 0 atom stereocenters. The number of methoxy groups -OCH3 is 2. The van der Waals surface area contributed by atoms with Crippen LogP contribution < -0.4 is 25.4 Å². The quantitative estimate of drug-likeness (QED) is 0.608. The second kappa shape index (κ2) is 9.76. The Bertz CT molecular complexity index is 880. The fourth-order valence-electron chi connectivity index (χ4n) is 2.79. The van der Waals surface area contributed by atoms with Crippen molar-refractivity contribution in [3.05, 3.63) is 6.07 Å². The highest BCUT2D eigenvalue weighted by molar-refractivity contribution is 7.99. The van der Waals surface area contributed by atoms with E-state index in [4.69, 9.17) is 15.2 Å². The summed E-state index contributed by atoms with van der Waals surface area (Å²) in [5.41, 5.74) is 5.88. The van der Waals surface area contributed by atoms with Crippen molar-refractivity contribution in [1.29, 1.82) is 0 Å². The van der Waals surface area contributed by atoms with Crippen LogP contribution in [0.3, 0.4) is 0 Å². The molecule has 0 unspecified atom stereocenters. The number of anilines is 3. The number of amides is 1. The molecule has 0 radical (unpaired) electrons. The van der Waals surface area contributed by atoms with Crippen LogP contribution in [0.5, 0.6) is 11.8 Å². The van der Waals surface area contributed by atoms with E-state index in [0.29, 0.717) is 40.0 Å².